The van der Waals surface area contributed by atoms with E-state index in [9.17, 15) is 0 Å². The Kier molecular flexibility index (Phi) is 3.88. The van der Waals surface area contributed by atoms with Gasteiger partial charge in [0.15, 0.2) is 0 Å². The molecule has 0 unspecified atom stereocenters. The lowest BCUT2D eigenvalue weighted by atomic mass is 9.97. The maximum absolute atomic E-state index is 4.90. The molecular weight excluding hydrogens is 400 g/mol. The van der Waals surface area contributed by atoms with E-state index in [4.69, 9.17) is 4.98 Å². The van der Waals surface area contributed by atoms with Crippen LogP contribution in [0.1, 0.15) is 0 Å². The van der Waals surface area contributed by atoms with Gasteiger partial charge in [-0.3, -0.25) is 4.40 Å². The molecule has 0 atom stereocenters. The van der Waals surface area contributed by atoms with Crippen LogP contribution in [0.4, 0.5) is 0 Å². The van der Waals surface area contributed by atoms with Gasteiger partial charge < -0.3 is 0 Å². The highest BCUT2D eigenvalue weighted by atomic mass is 15.0. The van der Waals surface area contributed by atoms with Gasteiger partial charge in [-0.25, -0.2) is 4.98 Å². The van der Waals surface area contributed by atoms with Gasteiger partial charge in [-0.05, 0) is 45.5 Å². The molecule has 0 spiro atoms. The molecule has 0 fully saturated rings. The second-order valence-electron chi connectivity index (χ2n) is 8.44. The van der Waals surface area contributed by atoms with E-state index < -0.39 is 0 Å². The summed E-state index contributed by atoms with van der Waals surface area (Å²) >= 11 is 0. The predicted octanol–water partition coefficient (Wildman–Crippen LogP) is 8.13. The molecular formula is C31H20N2. The molecule has 4 aromatic carbocycles. The fraction of sp³-hybridized carbons (Fsp3) is 0. The standard InChI is InChI=1S/C31H20N2/c1-3-10-21(11-4-1)27-20-28(23-13-5-2-6-14-23)33-30(27)29-24-15-8-7-12-22(24)17-18-25(29)26-16-9-19-32-31(26)33/h1-20H. The van der Waals surface area contributed by atoms with Crippen LogP contribution in [0.5, 0.6) is 0 Å². The third-order valence-electron chi connectivity index (χ3n) is 6.61. The third-order valence-corrected chi connectivity index (χ3v) is 6.61. The maximum atomic E-state index is 4.90. The van der Waals surface area contributed by atoms with Gasteiger partial charge in [-0.15, -0.1) is 0 Å². The minimum Gasteiger partial charge on any atom is -0.293 e. The van der Waals surface area contributed by atoms with Gasteiger partial charge in [0.1, 0.15) is 5.65 Å². The zero-order chi connectivity index (χ0) is 21.8. The molecule has 154 valence electrons. The summed E-state index contributed by atoms with van der Waals surface area (Å²) in [6.07, 6.45) is 1.89. The molecule has 7 rings (SSSR count). The lowest BCUT2D eigenvalue weighted by molar-refractivity contribution is 1.21. The normalized spacial score (nSPS) is 11.6. The molecule has 0 bridgehead atoms. The fourth-order valence-corrected chi connectivity index (χ4v) is 5.17. The van der Waals surface area contributed by atoms with Crippen molar-refractivity contribution in [3.05, 3.63) is 121 Å². The van der Waals surface area contributed by atoms with E-state index in [-0.39, 0.29) is 0 Å². The Morgan fingerprint density at radius 1 is 0.545 bits per heavy atom. The lowest BCUT2D eigenvalue weighted by Gasteiger charge is -2.14. The van der Waals surface area contributed by atoms with E-state index >= 15 is 0 Å². The van der Waals surface area contributed by atoms with Crippen molar-refractivity contribution in [1.82, 2.24) is 9.38 Å². The highest BCUT2D eigenvalue weighted by molar-refractivity contribution is 6.25. The molecule has 33 heavy (non-hydrogen) atoms. The van der Waals surface area contributed by atoms with Gasteiger partial charge in [0, 0.05) is 22.5 Å². The van der Waals surface area contributed by atoms with Gasteiger partial charge >= 0.3 is 0 Å². The quantitative estimate of drug-likeness (QED) is 0.258. The Balaban J connectivity index is 1.82. The zero-order valence-electron chi connectivity index (χ0n) is 17.9. The topological polar surface area (TPSA) is 17.3 Å². The molecule has 3 aromatic heterocycles. The van der Waals surface area contributed by atoms with Crippen molar-refractivity contribution >= 4 is 38.1 Å². The van der Waals surface area contributed by atoms with Crippen LogP contribution in [0.3, 0.4) is 0 Å². The van der Waals surface area contributed by atoms with Crippen LogP contribution in [-0.2, 0) is 0 Å². The van der Waals surface area contributed by atoms with E-state index in [0.717, 1.165) is 16.7 Å². The van der Waals surface area contributed by atoms with Gasteiger partial charge in [-0.2, -0.15) is 0 Å². The highest BCUT2D eigenvalue weighted by Gasteiger charge is 2.20. The summed E-state index contributed by atoms with van der Waals surface area (Å²) in [4.78, 5) is 4.90. The summed E-state index contributed by atoms with van der Waals surface area (Å²) in [6, 6.07) is 41.0. The first-order valence-electron chi connectivity index (χ1n) is 11.2. The Labute approximate surface area is 191 Å². The second-order valence-corrected chi connectivity index (χ2v) is 8.44. The summed E-state index contributed by atoms with van der Waals surface area (Å²) in [5.41, 5.74) is 6.96. The second kappa shape index (κ2) is 7.04. The molecule has 0 aliphatic heterocycles. The van der Waals surface area contributed by atoms with Crippen LogP contribution in [0.2, 0.25) is 0 Å². The van der Waals surface area contributed by atoms with Crippen molar-refractivity contribution in [2.75, 3.05) is 0 Å². The van der Waals surface area contributed by atoms with Crippen molar-refractivity contribution in [1.29, 1.82) is 0 Å². The Morgan fingerprint density at radius 2 is 1.24 bits per heavy atom. The molecule has 0 amide bonds. The smallest absolute Gasteiger partial charge is 0.145 e. The van der Waals surface area contributed by atoms with Crippen molar-refractivity contribution in [3.63, 3.8) is 0 Å². The molecule has 2 heteroatoms. The van der Waals surface area contributed by atoms with Crippen LogP contribution < -0.4 is 0 Å². The van der Waals surface area contributed by atoms with Crippen LogP contribution >= 0.6 is 0 Å². The number of pyridine rings is 2. The number of hydrogen-bond donors (Lipinski definition) is 0. The van der Waals surface area contributed by atoms with Crippen LogP contribution in [0.25, 0.3) is 60.5 Å². The summed E-state index contributed by atoms with van der Waals surface area (Å²) in [5, 5.41) is 6.18. The largest absolute Gasteiger partial charge is 0.293 e. The van der Waals surface area contributed by atoms with E-state index in [1.165, 1.54) is 43.8 Å². The summed E-state index contributed by atoms with van der Waals surface area (Å²) in [7, 11) is 0. The predicted molar refractivity (Wildman–Crippen MR) is 139 cm³/mol. The minimum absolute atomic E-state index is 0.983. The summed E-state index contributed by atoms with van der Waals surface area (Å²) in [5.74, 6) is 0. The lowest BCUT2D eigenvalue weighted by Crippen LogP contribution is -1.96. The fourth-order valence-electron chi connectivity index (χ4n) is 5.17. The van der Waals surface area contributed by atoms with Crippen molar-refractivity contribution in [3.8, 4) is 22.4 Å². The van der Waals surface area contributed by atoms with Crippen molar-refractivity contribution in [2.24, 2.45) is 0 Å². The number of fused-ring (bicyclic) bond motifs is 8. The Morgan fingerprint density at radius 3 is 2.06 bits per heavy atom. The summed E-state index contributed by atoms with van der Waals surface area (Å²) < 4.78 is 2.36. The summed E-state index contributed by atoms with van der Waals surface area (Å²) in [6.45, 7) is 0. The Bertz CT molecular complexity index is 1790. The first-order chi connectivity index (χ1) is 16.4. The van der Waals surface area contributed by atoms with Crippen molar-refractivity contribution < 1.29 is 0 Å². The molecule has 0 N–H and O–H groups in total. The van der Waals surface area contributed by atoms with Gasteiger partial charge in [0.25, 0.3) is 0 Å². The monoisotopic (exact) mass is 420 g/mol. The van der Waals surface area contributed by atoms with Gasteiger partial charge in [0.2, 0.25) is 0 Å². The molecule has 0 aliphatic carbocycles. The van der Waals surface area contributed by atoms with Crippen LogP contribution in [0, 0.1) is 0 Å². The first-order valence-corrected chi connectivity index (χ1v) is 11.2. The first kappa shape index (κ1) is 18.2. The average Bonchev–Trinajstić information content (AvgIpc) is 3.30. The zero-order valence-corrected chi connectivity index (χ0v) is 17.9. The highest BCUT2D eigenvalue weighted by Crippen LogP contribution is 2.42. The maximum Gasteiger partial charge on any atom is 0.145 e. The third kappa shape index (κ3) is 2.64. The molecule has 3 heterocycles. The SMILES string of the molecule is c1ccc(-c2cc(-c3ccccc3)n3c4ncccc4c4ccc5ccccc5c4c23)cc1. The Hall–Kier alpha value is -4.43. The van der Waals surface area contributed by atoms with E-state index in [0.29, 0.717) is 0 Å². The molecule has 0 radical (unpaired) electrons. The van der Waals surface area contributed by atoms with Crippen LogP contribution in [0.15, 0.2) is 121 Å². The molecule has 7 aromatic rings. The number of nitrogens with zero attached hydrogens (tertiary/aromatic N) is 2. The number of hydrogen-bond acceptors (Lipinski definition) is 1. The van der Waals surface area contributed by atoms with Crippen LogP contribution in [-0.4, -0.2) is 9.38 Å². The van der Waals surface area contributed by atoms with E-state index in [2.05, 4.69) is 114 Å². The number of aromatic nitrogens is 2. The van der Waals surface area contributed by atoms with E-state index in [1.54, 1.807) is 0 Å². The van der Waals surface area contributed by atoms with E-state index in [1.807, 2.05) is 12.3 Å². The van der Waals surface area contributed by atoms with Gasteiger partial charge in [-0.1, -0.05) is 97.1 Å². The minimum atomic E-state index is 0.983. The number of rotatable bonds is 2. The molecule has 0 aliphatic rings. The molecule has 0 saturated heterocycles. The van der Waals surface area contributed by atoms with Crippen molar-refractivity contribution in [2.45, 2.75) is 0 Å². The van der Waals surface area contributed by atoms with Gasteiger partial charge in [0.05, 0.1) is 11.2 Å². The molecule has 0 saturated carbocycles. The average molecular weight is 421 g/mol. The molecule has 2 nitrogen and oxygen atoms in total. The number of benzene rings is 4.